The van der Waals surface area contributed by atoms with Crippen molar-refractivity contribution in [2.24, 2.45) is 11.7 Å². The number of likely N-dealkylation sites (tertiary alicyclic amines) is 1. The molecule has 3 aromatic rings. The molecule has 0 aliphatic carbocycles. The Labute approximate surface area is 272 Å². The molecule has 2 heterocycles. The number of carbonyl (C=O) groups excluding carboxylic acids is 2. The topological polar surface area (TPSA) is 236 Å². The maximum Gasteiger partial charge on any atom is 0.323 e. The van der Waals surface area contributed by atoms with Crippen LogP contribution in [0.1, 0.15) is 31.9 Å². The summed E-state index contributed by atoms with van der Waals surface area (Å²) in [4.78, 5) is 54.2. The average molecular weight is 670 g/mol. The fourth-order valence-corrected chi connectivity index (χ4v) is 6.24. The molecule has 1 fully saturated rings. The number of nitrogens with two attached hydrogens (primary N) is 1. The van der Waals surface area contributed by atoms with Crippen molar-refractivity contribution in [3.63, 3.8) is 0 Å². The van der Waals surface area contributed by atoms with Crippen LogP contribution in [0.25, 0.3) is 10.8 Å². The summed E-state index contributed by atoms with van der Waals surface area (Å²) >= 11 is 0. The molecule has 0 radical (unpaired) electrons. The van der Waals surface area contributed by atoms with Crippen LogP contribution in [0.2, 0.25) is 0 Å². The van der Waals surface area contributed by atoms with Crippen LogP contribution in [0.3, 0.4) is 0 Å². The average Bonchev–Trinajstić information content (AvgIpc) is 3.02. The number of hydrogen-bond acceptors (Lipinski definition) is 8. The van der Waals surface area contributed by atoms with Crippen molar-refractivity contribution in [1.82, 2.24) is 24.8 Å². The van der Waals surface area contributed by atoms with E-state index in [1.54, 1.807) is 41.3 Å². The van der Waals surface area contributed by atoms with E-state index in [-0.39, 0.29) is 29.9 Å². The number of fused-ring (bicyclic) bond motifs is 1. The van der Waals surface area contributed by atoms with E-state index in [0.717, 1.165) is 30.1 Å². The number of nitrogens with zero attached hydrogens (tertiary/aromatic N) is 3. The molecular weight excluding hydrogens is 630 g/mol. The second-order valence-electron chi connectivity index (χ2n) is 11.0. The van der Waals surface area contributed by atoms with Crippen LogP contribution in [-0.2, 0) is 35.7 Å². The summed E-state index contributed by atoms with van der Waals surface area (Å²) in [7, 11) is -4.31. The predicted molar refractivity (Wildman–Crippen MR) is 172 cm³/mol. The number of carbonyl (C=O) groups is 4. The lowest BCUT2D eigenvalue weighted by Gasteiger charge is -2.33. The van der Waals surface area contributed by atoms with Crippen LogP contribution in [0.15, 0.2) is 71.8 Å². The van der Waals surface area contributed by atoms with Gasteiger partial charge in [-0.15, -0.1) is 0 Å². The number of pyridine rings is 1. The van der Waals surface area contributed by atoms with Crippen LogP contribution in [0.5, 0.6) is 0 Å². The van der Waals surface area contributed by atoms with Crippen LogP contribution >= 0.6 is 0 Å². The highest BCUT2D eigenvalue weighted by Gasteiger charge is 2.33. The van der Waals surface area contributed by atoms with Gasteiger partial charge >= 0.3 is 5.97 Å². The van der Waals surface area contributed by atoms with Crippen molar-refractivity contribution in [3.05, 3.63) is 72.6 Å². The first kappa shape index (κ1) is 36.4. The summed E-state index contributed by atoms with van der Waals surface area (Å²) in [6.45, 7) is 1.54. The quantitative estimate of drug-likeness (QED) is 0.118. The summed E-state index contributed by atoms with van der Waals surface area (Å²) in [5.41, 5.74) is 6.00. The van der Waals surface area contributed by atoms with Gasteiger partial charge in [0.1, 0.15) is 12.6 Å². The lowest BCUT2D eigenvalue weighted by atomic mass is 9.98. The monoisotopic (exact) mass is 669 g/mol. The Kier molecular flexibility index (Phi) is 13.2. The maximum absolute atomic E-state index is 13.7. The first-order valence-electron chi connectivity index (χ1n) is 14.7. The number of carboxylic acid groups (broad SMARTS) is 2. The molecule has 47 heavy (non-hydrogen) atoms. The lowest BCUT2D eigenvalue weighted by Crippen LogP contribution is -2.52. The highest BCUT2D eigenvalue weighted by molar-refractivity contribution is 7.89. The summed E-state index contributed by atoms with van der Waals surface area (Å²) in [6, 6.07) is 15.0. The van der Waals surface area contributed by atoms with E-state index in [4.69, 9.17) is 21.0 Å². The first-order valence-corrected chi connectivity index (χ1v) is 16.2. The van der Waals surface area contributed by atoms with Gasteiger partial charge in [0.15, 0.2) is 5.96 Å². The Hall–Kier alpha value is -5.09. The SMILES string of the molecule is CC(=O)O.N=C(N)N1CCC[C@@H](CNC(=O)C[C@H](NS(=O)(=O)c2ccc3ccccc3c2)C(=O)N(CC(=O)O)Cc2ccccn2)C1. The van der Waals surface area contributed by atoms with Gasteiger partial charge in [0.25, 0.3) is 5.97 Å². The number of hydrogen-bond donors (Lipinski definition) is 6. The molecule has 16 heteroatoms. The van der Waals surface area contributed by atoms with Crippen molar-refractivity contribution in [3.8, 4) is 0 Å². The number of rotatable bonds is 12. The maximum atomic E-state index is 13.7. The third kappa shape index (κ3) is 11.7. The highest BCUT2D eigenvalue weighted by Crippen LogP contribution is 2.20. The minimum absolute atomic E-state index is 0.0118. The third-order valence-corrected chi connectivity index (χ3v) is 8.65. The normalized spacial score (nSPS) is 15.1. The van der Waals surface area contributed by atoms with E-state index in [9.17, 15) is 27.9 Å². The zero-order chi connectivity index (χ0) is 34.6. The Morgan fingerprint density at radius 2 is 1.77 bits per heavy atom. The van der Waals surface area contributed by atoms with Gasteiger partial charge in [-0.1, -0.05) is 36.4 Å². The molecule has 7 N–H and O–H groups in total. The van der Waals surface area contributed by atoms with E-state index in [2.05, 4.69) is 15.0 Å². The summed E-state index contributed by atoms with van der Waals surface area (Å²) in [5, 5.41) is 28.9. The van der Waals surface area contributed by atoms with Gasteiger partial charge in [-0.3, -0.25) is 29.6 Å². The van der Waals surface area contributed by atoms with E-state index in [0.29, 0.717) is 24.2 Å². The predicted octanol–water partition coefficient (Wildman–Crippen LogP) is 1.20. The molecule has 0 saturated carbocycles. The van der Waals surface area contributed by atoms with E-state index < -0.39 is 52.8 Å². The summed E-state index contributed by atoms with van der Waals surface area (Å²) in [5.74, 6) is -3.65. The second kappa shape index (κ2) is 17.0. The Balaban J connectivity index is 0.00000142. The van der Waals surface area contributed by atoms with E-state index >= 15 is 0 Å². The fraction of sp³-hybridized carbons (Fsp3) is 0.355. The van der Waals surface area contributed by atoms with Gasteiger partial charge in [-0.05, 0) is 53.8 Å². The van der Waals surface area contributed by atoms with Gasteiger partial charge in [-0.25, -0.2) is 8.42 Å². The van der Waals surface area contributed by atoms with Gasteiger partial charge < -0.3 is 31.1 Å². The third-order valence-electron chi connectivity index (χ3n) is 7.18. The Morgan fingerprint density at radius 1 is 1.09 bits per heavy atom. The van der Waals surface area contributed by atoms with E-state index in [1.165, 1.54) is 18.3 Å². The first-order chi connectivity index (χ1) is 22.2. The summed E-state index contributed by atoms with van der Waals surface area (Å²) in [6.07, 6.45) is 2.53. The largest absolute Gasteiger partial charge is 0.481 e. The Bertz CT molecular complexity index is 1680. The number of nitrogens with one attached hydrogen (secondary N) is 3. The van der Waals surface area contributed by atoms with Crippen LogP contribution in [0.4, 0.5) is 0 Å². The standard InChI is InChI=1S/C29H35N7O6S.C2H4O2/c30-29(31)35-13-5-6-20(17-35)16-33-26(37)15-25(28(40)36(19-27(38)39)18-23-9-3-4-12-32-23)34-43(41,42)24-11-10-21-7-1-2-8-22(21)14-24;1-2(3)4/h1-4,7-12,14,20,25,34H,5-6,13,15-19H2,(H3,30,31)(H,33,37)(H,38,39);1H3,(H,3,4)/t20-,25-;/m0./s1. The van der Waals surface area contributed by atoms with Crippen molar-refractivity contribution in [2.75, 3.05) is 26.2 Å². The minimum Gasteiger partial charge on any atom is -0.481 e. The van der Waals surface area contributed by atoms with Crippen LogP contribution in [-0.4, -0.2) is 95.3 Å². The fourth-order valence-electron chi connectivity index (χ4n) is 5.02. The van der Waals surface area contributed by atoms with Gasteiger partial charge in [0.2, 0.25) is 21.8 Å². The van der Waals surface area contributed by atoms with Crippen molar-refractivity contribution in [1.29, 1.82) is 5.41 Å². The molecule has 0 spiro atoms. The molecule has 2 amide bonds. The molecule has 2 atom stereocenters. The Morgan fingerprint density at radius 3 is 2.40 bits per heavy atom. The van der Waals surface area contributed by atoms with Gasteiger partial charge in [0, 0.05) is 32.8 Å². The smallest absolute Gasteiger partial charge is 0.323 e. The molecule has 2 aromatic carbocycles. The van der Waals surface area contributed by atoms with Crippen LogP contribution < -0.4 is 15.8 Å². The van der Waals surface area contributed by atoms with Crippen molar-refractivity contribution < 1.29 is 37.8 Å². The van der Waals surface area contributed by atoms with Crippen molar-refractivity contribution >= 4 is 50.5 Å². The molecule has 4 rings (SSSR count). The number of aliphatic carboxylic acids is 2. The van der Waals surface area contributed by atoms with E-state index in [1.807, 2.05) is 12.1 Å². The highest BCUT2D eigenvalue weighted by atomic mass is 32.2. The molecular formula is C31H39N7O8S. The number of aromatic nitrogens is 1. The number of piperidine rings is 1. The van der Waals surface area contributed by atoms with Crippen LogP contribution in [0, 0.1) is 11.3 Å². The zero-order valence-electron chi connectivity index (χ0n) is 25.8. The zero-order valence-corrected chi connectivity index (χ0v) is 26.7. The van der Waals surface area contributed by atoms with Gasteiger partial charge in [0.05, 0.1) is 23.6 Å². The number of amides is 2. The molecule has 1 saturated heterocycles. The molecule has 1 aliphatic rings. The van der Waals surface area contributed by atoms with Crippen molar-refractivity contribution in [2.45, 2.75) is 43.7 Å². The minimum atomic E-state index is -4.31. The lowest BCUT2D eigenvalue weighted by molar-refractivity contribution is -0.146. The second-order valence-corrected chi connectivity index (χ2v) is 12.7. The number of carboxylic acids is 2. The number of sulfonamides is 1. The van der Waals surface area contributed by atoms with Gasteiger partial charge in [-0.2, -0.15) is 4.72 Å². The molecule has 1 aromatic heterocycles. The summed E-state index contributed by atoms with van der Waals surface area (Å²) < 4.78 is 29.4. The molecule has 252 valence electrons. The number of benzene rings is 2. The number of guanidine groups is 1. The molecule has 1 aliphatic heterocycles. The molecule has 0 unspecified atom stereocenters. The molecule has 0 bridgehead atoms. The molecule has 15 nitrogen and oxygen atoms in total.